The summed E-state index contributed by atoms with van der Waals surface area (Å²) in [6.07, 6.45) is -1.96. The van der Waals surface area contributed by atoms with Crippen molar-refractivity contribution >= 4 is 0 Å². The van der Waals surface area contributed by atoms with E-state index in [1.807, 2.05) is 0 Å². The maximum absolute atomic E-state index is 11.6. The Balaban J connectivity index is 2.41. The predicted molar refractivity (Wildman–Crippen MR) is 61.0 cm³/mol. The number of hydrogen-bond donors (Lipinski definition) is 4. The highest BCUT2D eigenvalue weighted by atomic mass is 16.5. The number of H-pyrrole nitrogens is 1. The van der Waals surface area contributed by atoms with Crippen molar-refractivity contribution in [3.8, 4) is 0 Å². The Morgan fingerprint density at radius 1 is 1.50 bits per heavy atom. The lowest BCUT2D eigenvalue weighted by molar-refractivity contribution is -0.166. The average Bonchev–Trinajstić information content (AvgIpc) is 2.32. The standard InChI is InChI=1S/C10H15N3O5/c1-4-2-13(10(17)12-8(4)16)9-7(15)6(11)5(14)3-18-9/h2,5-7,9,14-15H,3,11H2,1H3,(H,12,16,17)/t5-,6+,7-,9-/m1/s1. The molecule has 0 radical (unpaired) electrons. The van der Waals surface area contributed by atoms with E-state index in [0.717, 1.165) is 4.57 Å². The minimum Gasteiger partial charge on any atom is -0.389 e. The zero-order chi connectivity index (χ0) is 13.4. The molecule has 8 heteroatoms. The highest BCUT2D eigenvalue weighted by Gasteiger charge is 2.37. The van der Waals surface area contributed by atoms with Crippen molar-refractivity contribution in [3.05, 3.63) is 32.6 Å². The summed E-state index contributed by atoms with van der Waals surface area (Å²) >= 11 is 0. The summed E-state index contributed by atoms with van der Waals surface area (Å²) in [4.78, 5) is 25.0. The second-order valence-corrected chi connectivity index (χ2v) is 4.34. The Labute approximate surface area is 102 Å². The smallest absolute Gasteiger partial charge is 0.330 e. The number of nitrogens with two attached hydrogens (primary N) is 1. The van der Waals surface area contributed by atoms with Gasteiger partial charge in [-0.05, 0) is 6.92 Å². The highest BCUT2D eigenvalue weighted by Crippen LogP contribution is 2.21. The number of nitrogens with zero attached hydrogens (tertiary/aromatic N) is 1. The topological polar surface area (TPSA) is 131 Å². The van der Waals surface area contributed by atoms with E-state index < -0.39 is 35.7 Å². The molecule has 1 aromatic heterocycles. The molecule has 2 rings (SSSR count). The molecular formula is C10H15N3O5. The third-order valence-electron chi connectivity index (χ3n) is 2.99. The molecule has 0 aliphatic carbocycles. The van der Waals surface area contributed by atoms with Crippen molar-refractivity contribution in [2.45, 2.75) is 31.4 Å². The molecule has 0 amide bonds. The normalized spacial score (nSPS) is 32.4. The van der Waals surface area contributed by atoms with Gasteiger partial charge >= 0.3 is 5.69 Å². The largest absolute Gasteiger partial charge is 0.389 e. The van der Waals surface area contributed by atoms with Crippen molar-refractivity contribution in [2.24, 2.45) is 5.73 Å². The molecule has 0 saturated carbocycles. The van der Waals surface area contributed by atoms with Crippen molar-refractivity contribution < 1.29 is 14.9 Å². The van der Waals surface area contributed by atoms with Gasteiger partial charge in [0.2, 0.25) is 0 Å². The monoisotopic (exact) mass is 257 g/mol. The molecule has 0 unspecified atom stereocenters. The molecule has 0 spiro atoms. The summed E-state index contributed by atoms with van der Waals surface area (Å²) in [7, 11) is 0. The number of aryl methyl sites for hydroxylation is 1. The molecule has 1 saturated heterocycles. The number of aliphatic hydroxyl groups excluding tert-OH is 2. The van der Waals surface area contributed by atoms with Crippen molar-refractivity contribution in [3.63, 3.8) is 0 Å². The molecule has 1 fully saturated rings. The van der Waals surface area contributed by atoms with E-state index >= 15 is 0 Å². The molecule has 18 heavy (non-hydrogen) atoms. The van der Waals surface area contributed by atoms with Crippen LogP contribution in [0, 0.1) is 6.92 Å². The first-order valence-corrected chi connectivity index (χ1v) is 5.47. The van der Waals surface area contributed by atoms with E-state index in [-0.39, 0.29) is 6.61 Å². The van der Waals surface area contributed by atoms with Gasteiger partial charge in [0, 0.05) is 11.8 Å². The molecule has 8 nitrogen and oxygen atoms in total. The predicted octanol–water partition coefficient (Wildman–Crippen LogP) is -2.58. The Bertz CT molecular complexity index is 551. The molecule has 0 aromatic carbocycles. The Hall–Kier alpha value is -1.48. The van der Waals surface area contributed by atoms with Gasteiger partial charge in [-0.2, -0.15) is 0 Å². The Kier molecular flexibility index (Phi) is 3.35. The van der Waals surface area contributed by atoms with Gasteiger partial charge in [0.05, 0.1) is 18.8 Å². The van der Waals surface area contributed by atoms with Crippen molar-refractivity contribution in [1.82, 2.24) is 9.55 Å². The van der Waals surface area contributed by atoms with Crippen LogP contribution in [0.5, 0.6) is 0 Å². The summed E-state index contributed by atoms with van der Waals surface area (Å²) in [5, 5.41) is 19.3. The van der Waals surface area contributed by atoms with Crippen LogP contribution >= 0.6 is 0 Å². The average molecular weight is 257 g/mol. The third-order valence-corrected chi connectivity index (χ3v) is 2.99. The third kappa shape index (κ3) is 2.10. The van der Waals surface area contributed by atoms with E-state index in [1.54, 1.807) is 0 Å². The summed E-state index contributed by atoms with van der Waals surface area (Å²) in [6, 6.07) is -0.914. The van der Waals surface area contributed by atoms with E-state index in [1.165, 1.54) is 13.1 Å². The van der Waals surface area contributed by atoms with Crippen LogP contribution in [0.2, 0.25) is 0 Å². The summed E-state index contributed by atoms with van der Waals surface area (Å²) < 4.78 is 6.26. The Morgan fingerprint density at radius 3 is 2.83 bits per heavy atom. The molecule has 0 bridgehead atoms. The number of ether oxygens (including phenoxy) is 1. The SMILES string of the molecule is Cc1cn([C@@H]2OC[C@@H](O)[C@H](N)[C@H]2O)c(=O)[nH]c1=O. The van der Waals surface area contributed by atoms with Gasteiger partial charge in [-0.25, -0.2) is 4.79 Å². The van der Waals surface area contributed by atoms with Crippen molar-refractivity contribution in [1.29, 1.82) is 0 Å². The van der Waals surface area contributed by atoms with Crippen LogP contribution in [-0.4, -0.2) is 44.6 Å². The summed E-state index contributed by atoms with van der Waals surface area (Å²) in [6.45, 7) is 1.44. The quantitative estimate of drug-likeness (QED) is 0.437. The lowest BCUT2D eigenvalue weighted by atomic mass is 10.0. The number of nitrogens with one attached hydrogen (secondary N) is 1. The zero-order valence-electron chi connectivity index (χ0n) is 9.74. The maximum Gasteiger partial charge on any atom is 0.330 e. The number of hydrogen-bond acceptors (Lipinski definition) is 6. The van der Waals surface area contributed by atoms with Gasteiger partial charge in [0.25, 0.3) is 5.56 Å². The molecule has 1 aliphatic rings. The van der Waals surface area contributed by atoms with Gasteiger partial charge < -0.3 is 20.7 Å². The number of rotatable bonds is 1. The minimum absolute atomic E-state index is 0.0898. The van der Waals surface area contributed by atoms with Crippen LogP contribution in [0.4, 0.5) is 0 Å². The van der Waals surface area contributed by atoms with E-state index in [2.05, 4.69) is 4.98 Å². The second kappa shape index (κ2) is 4.65. The van der Waals surface area contributed by atoms with Crippen molar-refractivity contribution in [2.75, 3.05) is 6.61 Å². The Morgan fingerprint density at radius 2 is 2.17 bits per heavy atom. The van der Waals surface area contributed by atoms with Crippen LogP contribution in [-0.2, 0) is 4.74 Å². The van der Waals surface area contributed by atoms with E-state index in [9.17, 15) is 19.8 Å². The van der Waals surface area contributed by atoms with Crippen LogP contribution < -0.4 is 17.0 Å². The molecule has 1 aliphatic heterocycles. The van der Waals surface area contributed by atoms with E-state index in [0.29, 0.717) is 5.56 Å². The fourth-order valence-corrected chi connectivity index (χ4v) is 1.84. The van der Waals surface area contributed by atoms with Gasteiger partial charge in [-0.3, -0.25) is 14.3 Å². The van der Waals surface area contributed by atoms with Gasteiger partial charge in [0.1, 0.15) is 6.10 Å². The van der Waals surface area contributed by atoms with Crippen LogP contribution in [0.1, 0.15) is 11.8 Å². The molecule has 2 heterocycles. The first-order valence-electron chi connectivity index (χ1n) is 5.47. The first-order chi connectivity index (χ1) is 8.41. The van der Waals surface area contributed by atoms with Crippen LogP contribution in [0.3, 0.4) is 0 Å². The lowest BCUT2D eigenvalue weighted by Crippen LogP contribution is -2.56. The molecular weight excluding hydrogens is 242 g/mol. The fourth-order valence-electron chi connectivity index (χ4n) is 1.84. The highest BCUT2D eigenvalue weighted by molar-refractivity contribution is 5.02. The van der Waals surface area contributed by atoms with Crippen LogP contribution in [0.15, 0.2) is 15.8 Å². The molecule has 5 N–H and O–H groups in total. The summed E-state index contributed by atoms with van der Waals surface area (Å²) in [5.41, 5.74) is 4.72. The number of aromatic amines is 1. The van der Waals surface area contributed by atoms with Gasteiger partial charge in [-0.15, -0.1) is 0 Å². The number of aromatic nitrogens is 2. The van der Waals surface area contributed by atoms with Gasteiger partial charge in [-0.1, -0.05) is 0 Å². The lowest BCUT2D eigenvalue weighted by Gasteiger charge is -2.36. The number of aliphatic hydroxyl groups is 2. The maximum atomic E-state index is 11.6. The minimum atomic E-state index is -1.24. The summed E-state index contributed by atoms with van der Waals surface area (Å²) in [5.74, 6) is 0. The van der Waals surface area contributed by atoms with E-state index in [4.69, 9.17) is 10.5 Å². The first kappa shape index (κ1) is 13.0. The van der Waals surface area contributed by atoms with Crippen LogP contribution in [0.25, 0.3) is 0 Å². The zero-order valence-corrected chi connectivity index (χ0v) is 9.74. The molecule has 100 valence electrons. The fraction of sp³-hybridized carbons (Fsp3) is 0.600. The second-order valence-electron chi connectivity index (χ2n) is 4.34. The molecule has 1 aromatic rings. The molecule has 4 atom stereocenters. The van der Waals surface area contributed by atoms with Gasteiger partial charge in [0.15, 0.2) is 6.23 Å².